The molecule has 0 aromatic heterocycles. The predicted octanol–water partition coefficient (Wildman–Crippen LogP) is 2.73. The first-order valence-electron chi connectivity index (χ1n) is 9.28. The number of methoxy groups -OCH3 is 1. The molecule has 0 saturated carbocycles. The van der Waals surface area contributed by atoms with E-state index in [1.165, 1.54) is 0 Å². The smallest absolute Gasteiger partial charge is 0.227 e. The second-order valence-electron chi connectivity index (χ2n) is 6.60. The summed E-state index contributed by atoms with van der Waals surface area (Å²) in [7, 11) is 1.63. The van der Waals surface area contributed by atoms with Gasteiger partial charge in [0.25, 0.3) is 0 Å². The molecule has 0 N–H and O–H groups in total. The zero-order valence-electron chi connectivity index (χ0n) is 15.7. The van der Waals surface area contributed by atoms with Crippen LogP contribution in [-0.2, 0) is 16.0 Å². The average molecular weight is 346 g/mol. The largest absolute Gasteiger partial charge is 0.497 e. The van der Waals surface area contributed by atoms with Crippen LogP contribution in [0.25, 0.3) is 0 Å². The van der Waals surface area contributed by atoms with E-state index in [4.69, 9.17) is 4.74 Å². The highest BCUT2D eigenvalue weighted by atomic mass is 16.5. The summed E-state index contributed by atoms with van der Waals surface area (Å²) < 4.78 is 5.15. The van der Waals surface area contributed by atoms with Crippen molar-refractivity contribution in [3.63, 3.8) is 0 Å². The molecule has 2 amide bonds. The van der Waals surface area contributed by atoms with Crippen LogP contribution in [-0.4, -0.2) is 54.9 Å². The number of hydrogen-bond donors (Lipinski definition) is 0. The van der Waals surface area contributed by atoms with Gasteiger partial charge in [0.2, 0.25) is 11.8 Å². The Morgan fingerprint density at radius 2 is 1.60 bits per heavy atom. The summed E-state index contributed by atoms with van der Waals surface area (Å²) in [5.74, 6) is 1.28. The Labute approximate surface area is 150 Å². The average Bonchev–Trinajstić information content (AvgIpc) is 2.89. The van der Waals surface area contributed by atoms with Gasteiger partial charge in [-0.3, -0.25) is 9.59 Å². The standard InChI is InChI=1S/C20H30N2O3/c1-4-17(5-2)20(24)22-12-6-11-21(13-14-22)19(23)15-16-7-9-18(25-3)10-8-16/h7-10,17H,4-6,11-15H2,1-3H3. The number of carbonyl (C=O) groups excluding carboxylic acids is 2. The first-order valence-corrected chi connectivity index (χ1v) is 9.28. The van der Waals surface area contributed by atoms with Gasteiger partial charge in [0.15, 0.2) is 0 Å². The third-order valence-corrected chi connectivity index (χ3v) is 5.01. The minimum atomic E-state index is 0.113. The zero-order valence-corrected chi connectivity index (χ0v) is 15.7. The van der Waals surface area contributed by atoms with Crippen molar-refractivity contribution in [2.24, 2.45) is 5.92 Å². The number of ether oxygens (including phenoxy) is 1. The summed E-state index contributed by atoms with van der Waals surface area (Å²) in [4.78, 5) is 29.0. The Bertz CT molecular complexity index is 567. The van der Waals surface area contributed by atoms with E-state index >= 15 is 0 Å². The van der Waals surface area contributed by atoms with Crippen molar-refractivity contribution in [3.8, 4) is 5.75 Å². The lowest BCUT2D eigenvalue weighted by molar-refractivity contribution is -0.136. The van der Waals surface area contributed by atoms with E-state index in [0.29, 0.717) is 19.5 Å². The number of carbonyl (C=O) groups is 2. The van der Waals surface area contributed by atoms with E-state index in [1.54, 1.807) is 7.11 Å². The third-order valence-electron chi connectivity index (χ3n) is 5.01. The molecule has 1 aliphatic heterocycles. The molecule has 138 valence electrons. The number of amides is 2. The van der Waals surface area contributed by atoms with Crippen molar-refractivity contribution < 1.29 is 14.3 Å². The van der Waals surface area contributed by atoms with Crippen LogP contribution in [0, 0.1) is 5.92 Å². The summed E-state index contributed by atoms with van der Waals surface area (Å²) in [6.45, 7) is 6.87. The molecule has 0 atom stereocenters. The molecule has 1 fully saturated rings. The van der Waals surface area contributed by atoms with Gasteiger partial charge >= 0.3 is 0 Å². The SMILES string of the molecule is CCC(CC)C(=O)N1CCCN(C(=O)Cc2ccc(OC)cc2)CC1. The molecule has 0 unspecified atom stereocenters. The van der Waals surface area contributed by atoms with Gasteiger partial charge in [-0.05, 0) is 37.0 Å². The summed E-state index contributed by atoms with van der Waals surface area (Å²) in [5, 5.41) is 0. The minimum Gasteiger partial charge on any atom is -0.497 e. The van der Waals surface area contributed by atoms with Crippen LogP contribution < -0.4 is 4.74 Å². The van der Waals surface area contributed by atoms with E-state index in [2.05, 4.69) is 13.8 Å². The molecule has 1 aliphatic rings. The summed E-state index contributed by atoms with van der Waals surface area (Å²) in [6.07, 6.45) is 3.00. The molecule has 1 aromatic carbocycles. The highest BCUT2D eigenvalue weighted by Gasteiger charge is 2.25. The van der Waals surface area contributed by atoms with Crippen LogP contribution in [0.4, 0.5) is 0 Å². The van der Waals surface area contributed by atoms with E-state index < -0.39 is 0 Å². The monoisotopic (exact) mass is 346 g/mol. The van der Waals surface area contributed by atoms with Gasteiger partial charge in [0, 0.05) is 32.1 Å². The Hall–Kier alpha value is -2.04. The molecule has 2 rings (SSSR count). The van der Waals surface area contributed by atoms with Crippen molar-refractivity contribution in [2.75, 3.05) is 33.3 Å². The fourth-order valence-corrected chi connectivity index (χ4v) is 3.31. The van der Waals surface area contributed by atoms with Crippen LogP contribution in [0.15, 0.2) is 24.3 Å². The van der Waals surface area contributed by atoms with E-state index in [0.717, 1.165) is 43.7 Å². The molecule has 1 heterocycles. The first kappa shape index (κ1) is 19.3. The number of benzene rings is 1. The molecule has 5 heteroatoms. The maximum atomic E-state index is 12.6. The Kier molecular flexibility index (Phi) is 7.29. The first-order chi connectivity index (χ1) is 12.1. The topological polar surface area (TPSA) is 49.9 Å². The van der Waals surface area contributed by atoms with Crippen LogP contribution in [0.3, 0.4) is 0 Å². The summed E-state index contributed by atoms with van der Waals surface area (Å²) in [6, 6.07) is 7.61. The molecule has 0 radical (unpaired) electrons. The molecule has 25 heavy (non-hydrogen) atoms. The van der Waals surface area contributed by atoms with Crippen LogP contribution in [0.1, 0.15) is 38.7 Å². The highest BCUT2D eigenvalue weighted by Crippen LogP contribution is 2.16. The second-order valence-corrected chi connectivity index (χ2v) is 6.60. The molecular formula is C20H30N2O3. The van der Waals surface area contributed by atoms with Crippen LogP contribution >= 0.6 is 0 Å². The minimum absolute atomic E-state index is 0.113. The van der Waals surface area contributed by atoms with Gasteiger partial charge in [-0.25, -0.2) is 0 Å². The van der Waals surface area contributed by atoms with Gasteiger partial charge in [0.1, 0.15) is 5.75 Å². The molecule has 5 nitrogen and oxygen atoms in total. The van der Waals surface area contributed by atoms with E-state index in [-0.39, 0.29) is 17.7 Å². The maximum absolute atomic E-state index is 12.6. The van der Waals surface area contributed by atoms with Gasteiger partial charge < -0.3 is 14.5 Å². The summed E-state index contributed by atoms with van der Waals surface area (Å²) in [5.41, 5.74) is 0.986. The number of hydrogen-bond acceptors (Lipinski definition) is 3. The molecule has 0 aliphatic carbocycles. The maximum Gasteiger partial charge on any atom is 0.227 e. The number of nitrogens with zero attached hydrogens (tertiary/aromatic N) is 2. The van der Waals surface area contributed by atoms with Gasteiger partial charge in [-0.2, -0.15) is 0 Å². The molecule has 1 aromatic rings. The van der Waals surface area contributed by atoms with Crippen molar-refractivity contribution in [3.05, 3.63) is 29.8 Å². The molecule has 0 bridgehead atoms. The van der Waals surface area contributed by atoms with Crippen molar-refractivity contribution >= 4 is 11.8 Å². The lowest BCUT2D eigenvalue weighted by Gasteiger charge is -2.25. The normalized spacial score (nSPS) is 15.2. The van der Waals surface area contributed by atoms with Gasteiger partial charge in [-0.15, -0.1) is 0 Å². The fraction of sp³-hybridized carbons (Fsp3) is 0.600. The lowest BCUT2D eigenvalue weighted by atomic mass is 10.0. The summed E-state index contributed by atoms with van der Waals surface area (Å²) >= 11 is 0. The molecule has 1 saturated heterocycles. The quantitative estimate of drug-likeness (QED) is 0.796. The Balaban J connectivity index is 1.90. The predicted molar refractivity (Wildman–Crippen MR) is 98.5 cm³/mol. The fourth-order valence-electron chi connectivity index (χ4n) is 3.31. The third kappa shape index (κ3) is 5.21. The zero-order chi connectivity index (χ0) is 18.2. The Morgan fingerprint density at radius 1 is 1.00 bits per heavy atom. The van der Waals surface area contributed by atoms with Gasteiger partial charge in [-0.1, -0.05) is 26.0 Å². The Morgan fingerprint density at radius 3 is 2.20 bits per heavy atom. The van der Waals surface area contributed by atoms with Crippen molar-refractivity contribution in [1.82, 2.24) is 9.80 Å². The highest BCUT2D eigenvalue weighted by molar-refractivity contribution is 5.80. The van der Waals surface area contributed by atoms with Crippen LogP contribution in [0.5, 0.6) is 5.75 Å². The van der Waals surface area contributed by atoms with Gasteiger partial charge in [0.05, 0.1) is 13.5 Å². The molecule has 0 spiro atoms. The van der Waals surface area contributed by atoms with Crippen molar-refractivity contribution in [1.29, 1.82) is 0 Å². The van der Waals surface area contributed by atoms with Crippen LogP contribution in [0.2, 0.25) is 0 Å². The molecular weight excluding hydrogens is 316 g/mol. The van der Waals surface area contributed by atoms with E-state index in [1.807, 2.05) is 34.1 Å². The lowest BCUT2D eigenvalue weighted by Crippen LogP contribution is -2.40. The number of rotatable bonds is 6. The van der Waals surface area contributed by atoms with Crippen molar-refractivity contribution in [2.45, 2.75) is 39.5 Å². The second kappa shape index (κ2) is 9.44. The van der Waals surface area contributed by atoms with E-state index in [9.17, 15) is 9.59 Å².